The van der Waals surface area contributed by atoms with Crippen LogP contribution in [-0.2, 0) is 13.6 Å². The molecule has 0 saturated carbocycles. The molecule has 0 aliphatic carbocycles. The maximum Gasteiger partial charge on any atom is 0.255 e. The Morgan fingerprint density at radius 1 is 1.16 bits per heavy atom. The van der Waals surface area contributed by atoms with E-state index in [9.17, 15) is 9.18 Å². The van der Waals surface area contributed by atoms with Crippen LogP contribution in [0.1, 0.15) is 21.6 Å². The van der Waals surface area contributed by atoms with Crippen LogP contribution in [0.25, 0.3) is 22.5 Å². The number of carbonyl (C=O) groups is 1. The lowest BCUT2D eigenvalue weighted by Crippen LogP contribution is -2.36. The molecule has 166 valence electrons. The Morgan fingerprint density at radius 3 is 2.56 bits per heavy atom. The molecule has 0 spiro atoms. The predicted octanol–water partition coefficient (Wildman–Crippen LogP) is 3.88. The number of nitrogens with zero attached hydrogens (tertiary/aromatic N) is 5. The third-order valence-electron chi connectivity index (χ3n) is 5.36. The summed E-state index contributed by atoms with van der Waals surface area (Å²) in [5.74, 6) is 0.149. The van der Waals surface area contributed by atoms with Crippen LogP contribution in [-0.4, -0.2) is 57.7 Å². The zero-order chi connectivity index (χ0) is 22.8. The standard InChI is InChI=1S/C24H26FN5O2/c1-16-22-19(14-20(21-6-5-13-32-21)26-23(22)29(4)27-16)24(31)30(12-11-28(2)3)15-17-7-9-18(25)10-8-17/h5-10,13-14H,11-12,15H2,1-4H3. The number of aryl methyl sites for hydroxylation is 2. The van der Waals surface area contributed by atoms with Crippen molar-refractivity contribution >= 4 is 16.9 Å². The van der Waals surface area contributed by atoms with Gasteiger partial charge in [0.25, 0.3) is 5.91 Å². The van der Waals surface area contributed by atoms with Gasteiger partial charge in [0.05, 0.1) is 22.9 Å². The largest absolute Gasteiger partial charge is 0.463 e. The van der Waals surface area contributed by atoms with Gasteiger partial charge in [-0.05, 0) is 56.9 Å². The van der Waals surface area contributed by atoms with Crippen molar-refractivity contribution in [1.29, 1.82) is 0 Å². The molecule has 0 bridgehead atoms. The fraction of sp³-hybridized carbons (Fsp3) is 0.292. The number of halogens is 1. The molecule has 0 aliphatic heterocycles. The quantitative estimate of drug-likeness (QED) is 0.441. The Labute approximate surface area is 186 Å². The molecule has 0 aliphatic rings. The van der Waals surface area contributed by atoms with Crippen molar-refractivity contribution in [2.75, 3.05) is 27.2 Å². The summed E-state index contributed by atoms with van der Waals surface area (Å²) in [4.78, 5) is 22.4. The molecule has 0 atom stereocenters. The zero-order valence-corrected chi connectivity index (χ0v) is 18.7. The SMILES string of the molecule is Cc1nn(C)c2nc(-c3ccco3)cc(C(=O)N(CCN(C)C)Cc3ccc(F)cc3)c12. The van der Waals surface area contributed by atoms with Gasteiger partial charge in [0.15, 0.2) is 11.4 Å². The molecule has 7 nitrogen and oxygen atoms in total. The second kappa shape index (κ2) is 8.92. The molecule has 0 radical (unpaired) electrons. The van der Waals surface area contributed by atoms with Crippen molar-refractivity contribution in [2.24, 2.45) is 7.05 Å². The van der Waals surface area contributed by atoms with Gasteiger partial charge < -0.3 is 14.2 Å². The number of likely N-dealkylation sites (N-methyl/N-ethyl adjacent to an activating group) is 1. The minimum atomic E-state index is -0.301. The van der Waals surface area contributed by atoms with Gasteiger partial charge in [-0.1, -0.05) is 12.1 Å². The molecule has 1 aromatic carbocycles. The van der Waals surface area contributed by atoms with Gasteiger partial charge in [-0.3, -0.25) is 9.48 Å². The first-order valence-corrected chi connectivity index (χ1v) is 10.4. The molecule has 1 amide bonds. The average molecular weight is 436 g/mol. The monoisotopic (exact) mass is 435 g/mol. The summed E-state index contributed by atoms with van der Waals surface area (Å²) in [6.45, 7) is 3.45. The van der Waals surface area contributed by atoms with Crippen molar-refractivity contribution in [3.8, 4) is 11.5 Å². The number of benzene rings is 1. The number of rotatable bonds is 7. The summed E-state index contributed by atoms with van der Waals surface area (Å²) in [7, 11) is 5.74. The highest BCUT2D eigenvalue weighted by Gasteiger charge is 2.24. The van der Waals surface area contributed by atoms with Crippen molar-refractivity contribution < 1.29 is 13.6 Å². The minimum absolute atomic E-state index is 0.132. The summed E-state index contributed by atoms with van der Waals surface area (Å²) >= 11 is 0. The van der Waals surface area contributed by atoms with Gasteiger partial charge >= 0.3 is 0 Å². The number of aromatic nitrogens is 3. The van der Waals surface area contributed by atoms with Gasteiger partial charge in [0.2, 0.25) is 0 Å². The van der Waals surface area contributed by atoms with E-state index in [1.165, 1.54) is 12.1 Å². The zero-order valence-electron chi connectivity index (χ0n) is 18.7. The Balaban J connectivity index is 1.79. The lowest BCUT2D eigenvalue weighted by Gasteiger charge is -2.25. The second-order valence-electron chi connectivity index (χ2n) is 8.10. The number of furan rings is 1. The Hall–Kier alpha value is -3.52. The third-order valence-corrected chi connectivity index (χ3v) is 5.36. The van der Waals surface area contributed by atoms with E-state index in [-0.39, 0.29) is 11.7 Å². The molecular formula is C24H26FN5O2. The molecule has 0 saturated heterocycles. The molecule has 0 unspecified atom stereocenters. The van der Waals surface area contributed by atoms with Gasteiger partial charge in [-0.2, -0.15) is 5.10 Å². The molecule has 3 aromatic heterocycles. The predicted molar refractivity (Wildman–Crippen MR) is 121 cm³/mol. The highest BCUT2D eigenvalue weighted by atomic mass is 19.1. The van der Waals surface area contributed by atoms with E-state index in [2.05, 4.69) is 5.10 Å². The van der Waals surface area contributed by atoms with E-state index in [0.29, 0.717) is 42.3 Å². The number of hydrogen-bond acceptors (Lipinski definition) is 5. The van der Waals surface area contributed by atoms with Gasteiger partial charge in [0.1, 0.15) is 11.5 Å². The molecule has 3 heterocycles. The third kappa shape index (κ3) is 4.40. The van der Waals surface area contributed by atoms with Crippen LogP contribution in [0.4, 0.5) is 4.39 Å². The Kier molecular flexibility index (Phi) is 6.05. The van der Waals surface area contributed by atoms with Gasteiger partial charge in [-0.25, -0.2) is 9.37 Å². The average Bonchev–Trinajstić information content (AvgIpc) is 3.40. The van der Waals surface area contributed by atoms with Crippen LogP contribution in [0.3, 0.4) is 0 Å². The van der Waals surface area contributed by atoms with Crippen LogP contribution in [0.15, 0.2) is 53.1 Å². The number of carbonyl (C=O) groups excluding carboxylic acids is 1. The lowest BCUT2D eigenvalue weighted by atomic mass is 10.1. The minimum Gasteiger partial charge on any atom is -0.463 e. The molecule has 0 N–H and O–H groups in total. The van der Waals surface area contributed by atoms with Crippen molar-refractivity contribution in [1.82, 2.24) is 24.6 Å². The highest BCUT2D eigenvalue weighted by molar-refractivity contribution is 6.07. The van der Waals surface area contributed by atoms with Crippen LogP contribution in [0.5, 0.6) is 0 Å². The summed E-state index contributed by atoms with van der Waals surface area (Å²) in [6.07, 6.45) is 1.58. The van der Waals surface area contributed by atoms with E-state index in [4.69, 9.17) is 9.40 Å². The molecule has 0 fully saturated rings. The summed E-state index contributed by atoms with van der Waals surface area (Å²) in [5.41, 5.74) is 3.31. The van der Waals surface area contributed by atoms with Crippen LogP contribution in [0, 0.1) is 12.7 Å². The van der Waals surface area contributed by atoms with E-state index in [0.717, 1.165) is 16.6 Å². The van der Waals surface area contributed by atoms with E-state index < -0.39 is 0 Å². The number of hydrogen-bond donors (Lipinski definition) is 0. The van der Waals surface area contributed by atoms with Crippen LogP contribution >= 0.6 is 0 Å². The maximum atomic E-state index is 13.9. The van der Waals surface area contributed by atoms with E-state index in [1.807, 2.05) is 39.0 Å². The van der Waals surface area contributed by atoms with E-state index in [1.54, 1.807) is 40.1 Å². The highest BCUT2D eigenvalue weighted by Crippen LogP contribution is 2.28. The summed E-state index contributed by atoms with van der Waals surface area (Å²) < 4.78 is 20.6. The normalized spacial score (nSPS) is 11.4. The Morgan fingerprint density at radius 2 is 1.91 bits per heavy atom. The van der Waals surface area contributed by atoms with E-state index >= 15 is 0 Å². The van der Waals surface area contributed by atoms with Crippen molar-refractivity contribution in [3.05, 3.63) is 71.4 Å². The summed E-state index contributed by atoms with van der Waals surface area (Å²) in [5, 5.41) is 5.21. The first-order chi connectivity index (χ1) is 15.3. The number of pyridine rings is 1. The second-order valence-corrected chi connectivity index (χ2v) is 8.10. The fourth-order valence-electron chi connectivity index (χ4n) is 3.72. The molecule has 32 heavy (non-hydrogen) atoms. The molecular weight excluding hydrogens is 409 g/mol. The van der Waals surface area contributed by atoms with Crippen LogP contribution < -0.4 is 0 Å². The molecule has 4 rings (SSSR count). The maximum absolute atomic E-state index is 13.9. The van der Waals surface area contributed by atoms with Crippen molar-refractivity contribution in [2.45, 2.75) is 13.5 Å². The smallest absolute Gasteiger partial charge is 0.255 e. The fourth-order valence-corrected chi connectivity index (χ4v) is 3.72. The number of amides is 1. The molecule has 4 aromatic rings. The van der Waals surface area contributed by atoms with Gasteiger partial charge in [-0.15, -0.1) is 0 Å². The topological polar surface area (TPSA) is 67.4 Å². The first kappa shape index (κ1) is 21.7. The lowest BCUT2D eigenvalue weighted by molar-refractivity contribution is 0.0734. The number of fused-ring (bicyclic) bond motifs is 1. The van der Waals surface area contributed by atoms with Crippen LogP contribution in [0.2, 0.25) is 0 Å². The molecule has 8 heteroatoms. The Bertz CT molecular complexity index is 1230. The summed E-state index contributed by atoms with van der Waals surface area (Å²) in [6, 6.07) is 11.6. The van der Waals surface area contributed by atoms with Crippen molar-refractivity contribution in [3.63, 3.8) is 0 Å². The van der Waals surface area contributed by atoms with Gasteiger partial charge in [0, 0.05) is 26.7 Å². The first-order valence-electron chi connectivity index (χ1n) is 10.4.